The molecule has 0 aliphatic rings. The van der Waals surface area contributed by atoms with Crippen molar-refractivity contribution in [2.75, 3.05) is 12.3 Å². The summed E-state index contributed by atoms with van der Waals surface area (Å²) in [6.07, 6.45) is 0. The summed E-state index contributed by atoms with van der Waals surface area (Å²) in [4.78, 5) is 12.8. The van der Waals surface area contributed by atoms with Crippen molar-refractivity contribution in [3.63, 3.8) is 0 Å². The van der Waals surface area contributed by atoms with E-state index in [1.54, 1.807) is 24.8 Å². The number of carbonyl (C=O) groups is 1. The van der Waals surface area contributed by atoms with E-state index in [2.05, 4.69) is 10.5 Å². The van der Waals surface area contributed by atoms with Gasteiger partial charge in [-0.15, -0.1) is 11.8 Å². The Balaban J connectivity index is 1.71. The Hall–Kier alpha value is -1.75. The van der Waals surface area contributed by atoms with Gasteiger partial charge in [-0.3, -0.25) is 4.79 Å². The van der Waals surface area contributed by atoms with Gasteiger partial charge in [0.15, 0.2) is 0 Å². The topological polar surface area (TPSA) is 55.1 Å². The minimum absolute atomic E-state index is 0.218. The second-order valence-corrected chi connectivity index (χ2v) is 4.92. The molecule has 1 aromatic heterocycles. The van der Waals surface area contributed by atoms with Crippen molar-refractivity contribution >= 4 is 17.7 Å². The normalized spacial score (nSPS) is 10.3. The molecule has 0 radical (unpaired) electrons. The number of nitrogens with one attached hydrogen (secondary N) is 1. The van der Waals surface area contributed by atoms with Crippen LogP contribution in [0.4, 0.5) is 0 Å². The van der Waals surface area contributed by atoms with Crippen LogP contribution in [0.25, 0.3) is 0 Å². The maximum Gasteiger partial charge on any atom is 0.289 e. The van der Waals surface area contributed by atoms with Crippen LogP contribution in [-0.4, -0.2) is 23.4 Å². The molecule has 1 amide bonds. The van der Waals surface area contributed by atoms with Crippen LogP contribution < -0.4 is 5.32 Å². The van der Waals surface area contributed by atoms with Crippen LogP contribution in [0.5, 0.6) is 0 Å². The van der Waals surface area contributed by atoms with Gasteiger partial charge in [-0.2, -0.15) is 0 Å². The van der Waals surface area contributed by atoms with Gasteiger partial charge in [0.2, 0.25) is 5.76 Å². The van der Waals surface area contributed by atoms with Crippen molar-refractivity contribution in [3.05, 3.63) is 47.9 Å². The smallest absolute Gasteiger partial charge is 0.289 e. The van der Waals surface area contributed by atoms with Crippen molar-refractivity contribution in [1.82, 2.24) is 10.5 Å². The second-order valence-electron chi connectivity index (χ2n) is 3.75. The maximum absolute atomic E-state index is 11.6. The van der Waals surface area contributed by atoms with Crippen LogP contribution >= 0.6 is 11.8 Å². The summed E-state index contributed by atoms with van der Waals surface area (Å²) in [6, 6.07) is 11.7. The molecule has 0 saturated carbocycles. The summed E-state index contributed by atoms with van der Waals surface area (Å²) < 4.78 is 4.87. The molecule has 18 heavy (non-hydrogen) atoms. The van der Waals surface area contributed by atoms with Gasteiger partial charge in [-0.25, -0.2) is 0 Å². The number of carbonyl (C=O) groups excluding carboxylic acids is 1. The Morgan fingerprint density at radius 1 is 1.39 bits per heavy atom. The predicted molar refractivity (Wildman–Crippen MR) is 70.7 cm³/mol. The number of benzene rings is 1. The zero-order valence-electron chi connectivity index (χ0n) is 10.1. The highest BCUT2D eigenvalue weighted by Gasteiger charge is 2.10. The summed E-state index contributed by atoms with van der Waals surface area (Å²) in [5.74, 6) is 0.865. The lowest BCUT2D eigenvalue weighted by atomic mass is 10.4. The molecule has 2 aromatic rings. The lowest BCUT2D eigenvalue weighted by molar-refractivity contribution is 0.0919. The SMILES string of the molecule is Cc1cc(C(=O)NCCSc2ccccc2)on1. The van der Waals surface area contributed by atoms with E-state index in [1.807, 2.05) is 30.3 Å². The number of hydrogen-bond acceptors (Lipinski definition) is 4. The first kappa shape index (κ1) is 12.7. The highest BCUT2D eigenvalue weighted by Crippen LogP contribution is 2.15. The van der Waals surface area contributed by atoms with Gasteiger partial charge < -0.3 is 9.84 Å². The van der Waals surface area contributed by atoms with Gasteiger partial charge in [0.25, 0.3) is 5.91 Å². The zero-order valence-corrected chi connectivity index (χ0v) is 10.9. The van der Waals surface area contributed by atoms with Crippen LogP contribution in [0, 0.1) is 6.92 Å². The van der Waals surface area contributed by atoms with E-state index in [-0.39, 0.29) is 11.7 Å². The number of amides is 1. The average molecular weight is 262 g/mol. The van der Waals surface area contributed by atoms with Gasteiger partial charge in [-0.05, 0) is 19.1 Å². The van der Waals surface area contributed by atoms with Crippen molar-refractivity contribution < 1.29 is 9.32 Å². The summed E-state index contributed by atoms with van der Waals surface area (Å²) in [7, 11) is 0. The zero-order chi connectivity index (χ0) is 12.8. The molecule has 2 rings (SSSR count). The molecule has 94 valence electrons. The largest absolute Gasteiger partial charge is 0.351 e. The van der Waals surface area contributed by atoms with Crippen LogP contribution in [0.3, 0.4) is 0 Å². The van der Waals surface area contributed by atoms with Gasteiger partial charge in [-0.1, -0.05) is 23.4 Å². The lowest BCUT2D eigenvalue weighted by Gasteiger charge is -2.02. The number of nitrogens with zero attached hydrogens (tertiary/aromatic N) is 1. The Labute approximate surface area is 110 Å². The first-order valence-electron chi connectivity index (χ1n) is 5.65. The highest BCUT2D eigenvalue weighted by atomic mass is 32.2. The number of aromatic nitrogens is 1. The molecule has 1 heterocycles. The number of rotatable bonds is 5. The highest BCUT2D eigenvalue weighted by molar-refractivity contribution is 7.99. The molecule has 0 aliphatic heterocycles. The third-order valence-electron chi connectivity index (χ3n) is 2.25. The third kappa shape index (κ3) is 3.63. The molecule has 4 nitrogen and oxygen atoms in total. The molecular weight excluding hydrogens is 248 g/mol. The van der Waals surface area contributed by atoms with Crippen molar-refractivity contribution in [2.24, 2.45) is 0 Å². The first-order valence-corrected chi connectivity index (χ1v) is 6.63. The minimum Gasteiger partial charge on any atom is -0.351 e. The quantitative estimate of drug-likeness (QED) is 0.664. The molecule has 0 bridgehead atoms. The van der Waals surface area contributed by atoms with Crippen LogP contribution in [0.15, 0.2) is 45.8 Å². The monoisotopic (exact) mass is 262 g/mol. The standard InChI is InChI=1S/C13H14N2O2S/c1-10-9-12(17-15-10)13(16)14-7-8-18-11-5-3-2-4-6-11/h2-6,9H,7-8H2,1H3,(H,14,16). The fraction of sp³-hybridized carbons (Fsp3) is 0.231. The summed E-state index contributed by atoms with van der Waals surface area (Å²) >= 11 is 1.70. The number of thioether (sulfide) groups is 1. The van der Waals surface area contributed by atoms with E-state index < -0.39 is 0 Å². The molecule has 0 fully saturated rings. The van der Waals surface area contributed by atoms with Crippen molar-refractivity contribution in [1.29, 1.82) is 0 Å². The fourth-order valence-electron chi connectivity index (χ4n) is 1.41. The van der Waals surface area contributed by atoms with E-state index in [9.17, 15) is 4.79 Å². The maximum atomic E-state index is 11.6. The Kier molecular flexibility index (Phi) is 4.41. The molecule has 0 atom stereocenters. The van der Waals surface area contributed by atoms with Crippen LogP contribution in [-0.2, 0) is 0 Å². The third-order valence-corrected chi connectivity index (χ3v) is 3.27. The molecule has 1 aromatic carbocycles. The Bertz CT molecular complexity index is 511. The Morgan fingerprint density at radius 3 is 2.83 bits per heavy atom. The van der Waals surface area contributed by atoms with Gasteiger partial charge >= 0.3 is 0 Å². The molecular formula is C13H14N2O2S. The van der Waals surface area contributed by atoms with Crippen molar-refractivity contribution in [2.45, 2.75) is 11.8 Å². The molecule has 5 heteroatoms. The van der Waals surface area contributed by atoms with E-state index in [0.29, 0.717) is 12.2 Å². The van der Waals surface area contributed by atoms with Gasteiger partial charge in [0.05, 0.1) is 5.69 Å². The minimum atomic E-state index is -0.218. The van der Waals surface area contributed by atoms with Gasteiger partial charge in [0, 0.05) is 23.3 Å². The summed E-state index contributed by atoms with van der Waals surface area (Å²) in [5.41, 5.74) is 0.707. The molecule has 0 saturated heterocycles. The van der Waals surface area contributed by atoms with E-state index >= 15 is 0 Å². The lowest BCUT2D eigenvalue weighted by Crippen LogP contribution is -2.25. The first-order chi connectivity index (χ1) is 8.75. The van der Waals surface area contributed by atoms with E-state index in [4.69, 9.17) is 4.52 Å². The molecule has 0 spiro atoms. The molecule has 0 aliphatic carbocycles. The van der Waals surface area contributed by atoms with Crippen molar-refractivity contribution in [3.8, 4) is 0 Å². The summed E-state index contributed by atoms with van der Waals surface area (Å²) in [5, 5.41) is 6.46. The summed E-state index contributed by atoms with van der Waals surface area (Å²) in [6.45, 7) is 2.38. The van der Waals surface area contributed by atoms with E-state index in [0.717, 1.165) is 5.75 Å². The Morgan fingerprint density at radius 2 is 2.17 bits per heavy atom. The van der Waals surface area contributed by atoms with E-state index in [1.165, 1.54) is 4.90 Å². The van der Waals surface area contributed by atoms with Crippen LogP contribution in [0.2, 0.25) is 0 Å². The number of aryl methyl sites for hydroxylation is 1. The predicted octanol–water partition coefficient (Wildman–Crippen LogP) is 2.51. The second kappa shape index (κ2) is 6.26. The molecule has 1 N–H and O–H groups in total. The van der Waals surface area contributed by atoms with Gasteiger partial charge in [0.1, 0.15) is 0 Å². The van der Waals surface area contributed by atoms with Crippen LogP contribution in [0.1, 0.15) is 16.2 Å². The average Bonchev–Trinajstić information content (AvgIpc) is 2.82. The fourth-order valence-corrected chi connectivity index (χ4v) is 2.20. The number of hydrogen-bond donors (Lipinski definition) is 1. The molecule has 0 unspecified atom stereocenters.